The summed E-state index contributed by atoms with van der Waals surface area (Å²) < 4.78 is 0. The number of hydrogen-bond acceptors (Lipinski definition) is 20. The Morgan fingerprint density at radius 2 is 0.621 bits per heavy atom. The number of Topliss-reactive ketones (excluding diaryl/α,β-unsaturated/α-hetero) is 1. The molecule has 642 valence electrons. The highest BCUT2D eigenvalue weighted by atomic mass is 16.3. The van der Waals surface area contributed by atoms with Gasteiger partial charge in [-0.2, -0.15) is 0 Å². The molecular weight excluding hydrogens is 1570 g/mol. The van der Waals surface area contributed by atoms with Crippen LogP contribution in [-0.2, 0) is 0 Å². The zero-order chi connectivity index (χ0) is 91.0. The topological polar surface area (TPSA) is 404 Å². The second-order valence-electron chi connectivity index (χ2n) is 34.1. The number of aryl methyl sites for hydroxylation is 7. The van der Waals surface area contributed by atoms with E-state index in [0.29, 0.717) is 107 Å². The zero-order valence-electron chi connectivity index (χ0n) is 72.6. The quantitative estimate of drug-likeness (QED) is 0.0215. The van der Waals surface area contributed by atoms with Crippen LogP contribution in [0.5, 0.6) is 92.0 Å². The van der Waals surface area contributed by atoms with Crippen molar-refractivity contribution in [2.75, 3.05) is 6.54 Å². The summed E-state index contributed by atoms with van der Waals surface area (Å²) in [5.41, 5.74) is 10.2. The molecule has 14 aromatic rings. The molecule has 21 heteroatoms. The largest absolute Gasteiger partial charge is 0.507 e. The Bertz CT molecular complexity index is 6370. The Hall–Kier alpha value is -14.1. The van der Waals surface area contributed by atoms with Crippen molar-refractivity contribution in [1.29, 1.82) is 0 Å². The fourth-order valence-electron chi connectivity index (χ4n) is 18.1. The fourth-order valence-corrected chi connectivity index (χ4v) is 18.1. The van der Waals surface area contributed by atoms with Crippen LogP contribution in [0.1, 0.15) is 237 Å². The summed E-state index contributed by atoms with van der Waals surface area (Å²) in [6, 6.07) is 35.3. The van der Waals surface area contributed by atoms with E-state index >= 15 is 0 Å². The van der Waals surface area contributed by atoms with Crippen molar-refractivity contribution >= 4 is 88.9 Å². The van der Waals surface area contributed by atoms with Crippen molar-refractivity contribution in [2.45, 2.75) is 173 Å². The molecule has 0 heterocycles. The minimum absolute atomic E-state index is 0.00185. The highest BCUT2D eigenvalue weighted by molar-refractivity contribution is 6.18. The zero-order valence-corrected chi connectivity index (χ0v) is 72.6. The van der Waals surface area contributed by atoms with Gasteiger partial charge in [-0.15, -0.1) is 0 Å². The van der Waals surface area contributed by atoms with Gasteiger partial charge in [-0.05, 0) is 205 Å². The molecule has 0 spiro atoms. The average Bonchev–Trinajstić information content (AvgIpc) is 0.725. The molecule has 0 aromatic heterocycles. The molecule has 14 aromatic carbocycles. The number of phenols is 16. The maximum atomic E-state index is 13.6. The number of rotatable bonds is 18. The molecule has 0 saturated heterocycles. The monoisotopic (exact) mass is 1680 g/mol. The first kappa shape index (κ1) is 89.2. The molecule has 2 unspecified atom stereocenters. The van der Waals surface area contributed by atoms with Gasteiger partial charge < -0.3 is 87.0 Å². The lowest BCUT2D eigenvalue weighted by Crippen LogP contribution is -2.27. The summed E-state index contributed by atoms with van der Waals surface area (Å²) in [7, 11) is 0. The van der Waals surface area contributed by atoms with Gasteiger partial charge in [0.2, 0.25) is 0 Å². The van der Waals surface area contributed by atoms with Crippen LogP contribution in [0, 0.1) is 55.4 Å². The molecule has 0 saturated carbocycles. The number of carbonyl (C=O) groups is 4. The van der Waals surface area contributed by atoms with E-state index in [2.05, 4.69) is 5.32 Å². The van der Waals surface area contributed by atoms with Crippen LogP contribution >= 0.6 is 0 Å². The van der Waals surface area contributed by atoms with Gasteiger partial charge in [-0.25, -0.2) is 0 Å². The van der Waals surface area contributed by atoms with E-state index in [1.54, 1.807) is 71.9 Å². The number of fused-ring (bicyclic) bond motifs is 6. The summed E-state index contributed by atoms with van der Waals surface area (Å²) in [6.45, 7) is 33.4. The first-order chi connectivity index (χ1) is 58.4. The van der Waals surface area contributed by atoms with E-state index in [4.69, 9.17) is 0 Å². The summed E-state index contributed by atoms with van der Waals surface area (Å²) >= 11 is 0. The Morgan fingerprint density at radius 3 is 1.03 bits per heavy atom. The number of carbonyl (C=O) groups excluding carboxylic acids is 4. The second-order valence-corrected chi connectivity index (χ2v) is 34.1. The smallest absolute Gasteiger partial charge is 0.255 e. The third-order valence-electron chi connectivity index (χ3n) is 24.3. The van der Waals surface area contributed by atoms with Crippen molar-refractivity contribution in [3.63, 3.8) is 0 Å². The fraction of sp³-hybridized carbons (Fsp3) is 0.262. The number of aldehydes is 2. The van der Waals surface area contributed by atoms with Crippen LogP contribution in [0.3, 0.4) is 0 Å². The van der Waals surface area contributed by atoms with Crippen LogP contribution in [0.4, 0.5) is 0 Å². The minimum atomic E-state index is -0.650. The molecule has 17 N–H and O–H groups in total. The van der Waals surface area contributed by atoms with Crippen molar-refractivity contribution in [3.05, 3.63) is 221 Å². The number of amides is 1. The maximum Gasteiger partial charge on any atom is 0.255 e. The average molecular weight is 1680 g/mol. The summed E-state index contributed by atoms with van der Waals surface area (Å²) in [5.74, 6) is -6.52. The van der Waals surface area contributed by atoms with Crippen molar-refractivity contribution in [2.24, 2.45) is 0 Å². The van der Waals surface area contributed by atoms with E-state index in [1.807, 2.05) is 156 Å². The number of phenolic OH excluding ortho intramolecular Hbond substituents is 16. The van der Waals surface area contributed by atoms with Gasteiger partial charge in [-0.3, -0.25) is 19.2 Å². The number of ketones is 1. The van der Waals surface area contributed by atoms with Gasteiger partial charge in [0.25, 0.3) is 5.91 Å². The number of aromatic hydroxyl groups is 16. The minimum Gasteiger partial charge on any atom is -0.507 e. The predicted octanol–water partition coefficient (Wildman–Crippen LogP) is 23.2. The molecule has 0 radical (unpaired) electrons. The summed E-state index contributed by atoms with van der Waals surface area (Å²) in [4.78, 5) is 51.3. The molecule has 0 fully saturated rings. The molecule has 1 amide bonds. The number of nitrogens with one attached hydrogen (secondary N) is 1. The van der Waals surface area contributed by atoms with Crippen LogP contribution in [0.15, 0.2) is 121 Å². The highest BCUT2D eigenvalue weighted by Gasteiger charge is 2.34. The standard InChI is InChI=1S/C43H41NO8.C31H32O7.C29H32O5/c1-22(26-11-7-5-8-12-26)15-16-32(45)37-28-17-23(2)35(39(48)30(28)19-33(46)41(37)50)36-24(3)18-29-31(40(36)49)20-34(47)42(51)38(29)43(52)44-21-25(4)27-13-9-6-10-14-27;1-12(2)21-17-8-14(5)23(29(36)25(17)19(10-32)16(7)27(21)34)24-15(6)9-18-22(13(3)4)31(38)28(35)20(11-33)26(18)30(24)37;1-12(2)22-17-8-14(5)24(27(32)19(17)10-16(7)26(22)31)25-15(6)9-18-20(28(25)33)11-21(30)29(34)23(18)13(3)4/h5-14,17-20,22,25,46-51H,15-16,21H2,1-4H3,(H,44,52);8-13,34-38H,1-7H3;8-13,30-34H,1-7H3. The van der Waals surface area contributed by atoms with E-state index < -0.39 is 46.2 Å². The van der Waals surface area contributed by atoms with Crippen LogP contribution in [0.2, 0.25) is 0 Å². The van der Waals surface area contributed by atoms with Crippen molar-refractivity contribution in [1.82, 2.24) is 5.32 Å². The van der Waals surface area contributed by atoms with E-state index in [1.165, 1.54) is 12.1 Å². The SMILES string of the molecule is Cc1cc2c(C(=O)CCC(C)c3ccccc3)c(O)c(O)cc2c(O)c1-c1c(C)cc2c(C(=O)NCC(C)c3ccccc3)c(O)c(O)cc2c1O.Cc1cc2c(C(C)C)c(O)c(C)c(C=O)c2c(O)c1-c1c(C)cc2c(C(C)C)c(O)c(O)c(C=O)c2c1O.Cc1cc2c(O)c(-c3c(C)cc4c(C(C)C)c(O)c(O)cc4c3O)c(C)cc2c(C(C)C)c1O. The first-order valence-electron chi connectivity index (χ1n) is 41.2. The van der Waals surface area contributed by atoms with Crippen LogP contribution in [0.25, 0.3) is 98.0 Å². The lowest BCUT2D eigenvalue weighted by atomic mass is 9.82. The van der Waals surface area contributed by atoms with Gasteiger partial charge in [0.05, 0.1) is 16.7 Å². The third kappa shape index (κ3) is 15.3. The molecule has 0 aliphatic rings. The Labute approximate surface area is 717 Å². The number of benzene rings is 14. The van der Waals surface area contributed by atoms with Gasteiger partial charge >= 0.3 is 0 Å². The van der Waals surface area contributed by atoms with Crippen LogP contribution < -0.4 is 5.32 Å². The van der Waals surface area contributed by atoms with Gasteiger partial charge in [-0.1, -0.05) is 154 Å². The van der Waals surface area contributed by atoms with Crippen molar-refractivity contribution in [3.8, 4) is 125 Å². The lowest BCUT2D eigenvalue weighted by Gasteiger charge is -2.23. The predicted molar refractivity (Wildman–Crippen MR) is 488 cm³/mol. The number of hydrogen-bond donors (Lipinski definition) is 17. The summed E-state index contributed by atoms with van der Waals surface area (Å²) in [5, 5.41) is 184. The molecule has 14 rings (SSSR count). The Morgan fingerprint density at radius 1 is 0.306 bits per heavy atom. The molecule has 124 heavy (non-hydrogen) atoms. The summed E-state index contributed by atoms with van der Waals surface area (Å²) in [6.07, 6.45) is 1.53. The molecule has 0 aliphatic heterocycles. The molecule has 0 aliphatic carbocycles. The molecular formula is C103H105NO20. The van der Waals surface area contributed by atoms with Crippen molar-refractivity contribution < 1.29 is 101 Å². The third-order valence-corrected chi connectivity index (χ3v) is 24.3. The van der Waals surface area contributed by atoms with Gasteiger partial charge in [0.1, 0.15) is 46.0 Å². The lowest BCUT2D eigenvalue weighted by molar-refractivity contribution is 0.0947. The van der Waals surface area contributed by atoms with Gasteiger partial charge in [0, 0.05) is 123 Å². The Kier molecular flexibility index (Phi) is 24.8. The normalized spacial score (nSPS) is 12.1. The maximum absolute atomic E-state index is 13.6. The van der Waals surface area contributed by atoms with Crippen LogP contribution in [-0.4, -0.2) is 113 Å². The first-order valence-corrected chi connectivity index (χ1v) is 41.2. The highest BCUT2D eigenvalue weighted by Crippen LogP contribution is 2.58. The van der Waals surface area contributed by atoms with E-state index in [0.717, 1.165) is 39.3 Å². The van der Waals surface area contributed by atoms with E-state index in [-0.39, 0.29) is 183 Å². The van der Waals surface area contributed by atoms with Gasteiger partial charge in [0.15, 0.2) is 64.4 Å². The van der Waals surface area contributed by atoms with E-state index in [9.17, 15) is 101 Å². The Balaban J connectivity index is 0.000000174. The molecule has 0 bridgehead atoms. The second kappa shape index (κ2) is 34.4. The molecule has 2 atom stereocenters. The molecule has 21 nitrogen and oxygen atoms in total.